The number of hydrogen-bond acceptors (Lipinski definition) is 2. The van der Waals surface area contributed by atoms with Gasteiger partial charge in [0.1, 0.15) is 5.69 Å². The van der Waals surface area contributed by atoms with Crippen molar-refractivity contribution in [2.24, 2.45) is 0 Å². The van der Waals surface area contributed by atoms with Gasteiger partial charge in [0.2, 0.25) is 0 Å². The first-order valence-electron chi connectivity index (χ1n) is 8.49. The minimum absolute atomic E-state index is 0.0521. The number of H-pyrrole nitrogens is 1. The van der Waals surface area contributed by atoms with Crippen molar-refractivity contribution in [3.63, 3.8) is 0 Å². The van der Waals surface area contributed by atoms with E-state index in [1.54, 1.807) is 0 Å². The number of hydrogen-bond donors (Lipinski definition) is 1. The van der Waals surface area contributed by atoms with Gasteiger partial charge in [0, 0.05) is 47.8 Å². The van der Waals surface area contributed by atoms with Crippen LogP contribution in [-0.2, 0) is 0 Å². The lowest BCUT2D eigenvalue weighted by molar-refractivity contribution is 0.0742. The van der Waals surface area contributed by atoms with Crippen LogP contribution >= 0.6 is 11.6 Å². The van der Waals surface area contributed by atoms with E-state index in [9.17, 15) is 4.79 Å². The number of amides is 1. The molecule has 1 aliphatic rings. The molecule has 2 aromatic carbocycles. The number of fused-ring (bicyclic) bond motifs is 1. The quantitative estimate of drug-likeness (QED) is 0.753. The number of nitrogens with one attached hydrogen (secondary N) is 1. The third kappa shape index (κ3) is 3.22. The third-order valence-electron chi connectivity index (χ3n) is 4.75. The number of rotatable bonds is 2. The number of aryl methyl sites for hydroxylation is 1. The van der Waals surface area contributed by atoms with Gasteiger partial charge in [0.25, 0.3) is 5.91 Å². The predicted molar refractivity (Wildman–Crippen MR) is 103 cm³/mol. The Morgan fingerprint density at radius 3 is 2.60 bits per heavy atom. The zero-order chi connectivity index (χ0) is 17.4. The summed E-state index contributed by atoms with van der Waals surface area (Å²) in [5.41, 5.74) is 4.05. The lowest BCUT2D eigenvalue weighted by Gasteiger charge is -2.36. The van der Waals surface area contributed by atoms with Gasteiger partial charge in [-0.05, 0) is 48.9 Å². The van der Waals surface area contributed by atoms with Crippen LogP contribution in [-0.4, -0.2) is 42.0 Å². The maximum Gasteiger partial charge on any atom is 0.270 e. The molecule has 4 nitrogen and oxygen atoms in total. The van der Waals surface area contributed by atoms with Crippen molar-refractivity contribution in [3.8, 4) is 0 Å². The van der Waals surface area contributed by atoms with Crippen LogP contribution in [0, 0.1) is 6.92 Å². The molecular formula is C20H20ClN3O. The fourth-order valence-electron chi connectivity index (χ4n) is 3.38. The van der Waals surface area contributed by atoms with Gasteiger partial charge >= 0.3 is 0 Å². The molecule has 0 atom stereocenters. The lowest BCUT2D eigenvalue weighted by Crippen LogP contribution is -2.48. The number of nitrogens with zero attached hydrogens (tertiary/aromatic N) is 2. The summed E-state index contributed by atoms with van der Waals surface area (Å²) in [4.78, 5) is 20.3. The molecule has 25 heavy (non-hydrogen) atoms. The highest BCUT2D eigenvalue weighted by Gasteiger charge is 2.23. The molecule has 2 heterocycles. The van der Waals surface area contributed by atoms with Crippen molar-refractivity contribution < 1.29 is 4.79 Å². The van der Waals surface area contributed by atoms with Crippen LogP contribution in [0.4, 0.5) is 5.69 Å². The average Bonchev–Trinajstić information content (AvgIpc) is 3.04. The van der Waals surface area contributed by atoms with Crippen molar-refractivity contribution in [2.45, 2.75) is 6.92 Å². The first-order valence-corrected chi connectivity index (χ1v) is 8.87. The number of piperazine rings is 1. The van der Waals surface area contributed by atoms with Gasteiger partial charge in [-0.15, -0.1) is 0 Å². The van der Waals surface area contributed by atoms with Crippen LogP contribution in [0.5, 0.6) is 0 Å². The van der Waals surface area contributed by atoms with Crippen LogP contribution in [0.3, 0.4) is 0 Å². The minimum Gasteiger partial charge on any atom is -0.368 e. The fraction of sp³-hybridized carbons (Fsp3) is 0.250. The smallest absolute Gasteiger partial charge is 0.270 e. The zero-order valence-corrected chi connectivity index (χ0v) is 14.9. The molecule has 1 saturated heterocycles. The standard InChI is InChI=1S/C20H20ClN3O/c1-14-3-2-4-17(11-14)23-7-9-24(10-8-23)20(25)19-13-15-12-16(21)5-6-18(15)22-19/h2-6,11-13,22H,7-10H2,1H3. The second kappa shape index (κ2) is 6.45. The Labute approximate surface area is 152 Å². The Hall–Kier alpha value is -2.46. The summed E-state index contributed by atoms with van der Waals surface area (Å²) in [6.07, 6.45) is 0. The van der Waals surface area contributed by atoms with E-state index >= 15 is 0 Å². The molecule has 1 N–H and O–H groups in total. The lowest BCUT2D eigenvalue weighted by atomic mass is 10.2. The zero-order valence-electron chi connectivity index (χ0n) is 14.1. The average molecular weight is 354 g/mol. The largest absolute Gasteiger partial charge is 0.368 e. The predicted octanol–water partition coefficient (Wildman–Crippen LogP) is 4.09. The van der Waals surface area contributed by atoms with Gasteiger partial charge in [-0.3, -0.25) is 4.79 Å². The SMILES string of the molecule is Cc1cccc(N2CCN(C(=O)c3cc4cc(Cl)ccc4[nH]3)CC2)c1. The Morgan fingerprint density at radius 2 is 1.84 bits per heavy atom. The van der Waals surface area contributed by atoms with Gasteiger partial charge < -0.3 is 14.8 Å². The molecule has 0 saturated carbocycles. The fourth-order valence-corrected chi connectivity index (χ4v) is 3.56. The van der Waals surface area contributed by atoms with Crippen molar-refractivity contribution in [3.05, 3.63) is 64.8 Å². The molecule has 4 rings (SSSR count). The molecule has 0 unspecified atom stereocenters. The van der Waals surface area contributed by atoms with Gasteiger partial charge in [-0.1, -0.05) is 23.7 Å². The van der Waals surface area contributed by atoms with E-state index in [0.29, 0.717) is 10.7 Å². The van der Waals surface area contributed by atoms with Gasteiger partial charge in [0.15, 0.2) is 0 Å². The van der Waals surface area contributed by atoms with Gasteiger partial charge in [-0.25, -0.2) is 0 Å². The van der Waals surface area contributed by atoms with E-state index in [0.717, 1.165) is 37.1 Å². The molecule has 1 amide bonds. The molecule has 0 aliphatic carbocycles. The Morgan fingerprint density at radius 1 is 1.04 bits per heavy atom. The van der Waals surface area contributed by atoms with Gasteiger partial charge in [0.05, 0.1) is 0 Å². The Kier molecular flexibility index (Phi) is 4.14. The molecule has 128 valence electrons. The second-order valence-electron chi connectivity index (χ2n) is 6.53. The first kappa shape index (κ1) is 16.0. The molecule has 0 radical (unpaired) electrons. The highest BCUT2D eigenvalue weighted by Crippen LogP contribution is 2.22. The molecule has 0 bridgehead atoms. The number of halogens is 1. The Bertz CT molecular complexity index is 926. The number of anilines is 1. The minimum atomic E-state index is 0.0521. The highest BCUT2D eigenvalue weighted by molar-refractivity contribution is 6.31. The molecule has 1 aliphatic heterocycles. The molecule has 5 heteroatoms. The number of carbonyl (C=O) groups is 1. The highest BCUT2D eigenvalue weighted by atomic mass is 35.5. The molecular weight excluding hydrogens is 334 g/mol. The van der Waals surface area contributed by atoms with Crippen LogP contribution in [0.2, 0.25) is 5.02 Å². The van der Waals surface area contributed by atoms with Crippen molar-refractivity contribution in [1.29, 1.82) is 0 Å². The van der Waals surface area contributed by atoms with Crippen LogP contribution < -0.4 is 4.90 Å². The molecule has 1 fully saturated rings. The first-order chi connectivity index (χ1) is 12.1. The number of aromatic nitrogens is 1. The Balaban J connectivity index is 1.47. The van der Waals surface area contributed by atoms with Gasteiger partial charge in [-0.2, -0.15) is 0 Å². The van der Waals surface area contributed by atoms with E-state index in [4.69, 9.17) is 11.6 Å². The van der Waals surface area contributed by atoms with Crippen molar-refractivity contribution in [1.82, 2.24) is 9.88 Å². The molecule has 0 spiro atoms. The van der Waals surface area contributed by atoms with Crippen LogP contribution in [0.15, 0.2) is 48.5 Å². The summed E-state index contributed by atoms with van der Waals surface area (Å²) < 4.78 is 0. The topological polar surface area (TPSA) is 39.3 Å². The summed E-state index contributed by atoms with van der Waals surface area (Å²) in [5, 5.41) is 1.64. The third-order valence-corrected chi connectivity index (χ3v) is 4.98. The van der Waals surface area contributed by atoms with E-state index in [1.165, 1.54) is 11.3 Å². The van der Waals surface area contributed by atoms with Crippen LogP contribution in [0.1, 0.15) is 16.1 Å². The summed E-state index contributed by atoms with van der Waals surface area (Å²) in [6, 6.07) is 16.0. The van der Waals surface area contributed by atoms with E-state index in [-0.39, 0.29) is 5.91 Å². The van der Waals surface area contributed by atoms with E-state index in [1.807, 2.05) is 29.2 Å². The number of benzene rings is 2. The maximum atomic E-state index is 12.8. The second-order valence-corrected chi connectivity index (χ2v) is 6.97. The molecule has 1 aromatic heterocycles. The summed E-state index contributed by atoms with van der Waals surface area (Å²) in [6.45, 7) is 5.25. The van der Waals surface area contributed by atoms with Crippen molar-refractivity contribution >= 4 is 34.1 Å². The van der Waals surface area contributed by atoms with E-state index < -0.39 is 0 Å². The van der Waals surface area contributed by atoms with E-state index in [2.05, 4.69) is 41.1 Å². The summed E-state index contributed by atoms with van der Waals surface area (Å²) >= 11 is 6.03. The maximum absolute atomic E-state index is 12.8. The van der Waals surface area contributed by atoms with Crippen molar-refractivity contribution in [2.75, 3.05) is 31.1 Å². The number of aromatic amines is 1. The monoisotopic (exact) mass is 353 g/mol. The normalized spacial score (nSPS) is 15.0. The summed E-state index contributed by atoms with van der Waals surface area (Å²) in [5.74, 6) is 0.0521. The number of carbonyl (C=O) groups excluding carboxylic acids is 1. The van der Waals surface area contributed by atoms with Crippen LogP contribution in [0.25, 0.3) is 10.9 Å². The molecule has 3 aromatic rings. The summed E-state index contributed by atoms with van der Waals surface area (Å²) in [7, 11) is 0.